The van der Waals surface area contributed by atoms with E-state index in [-0.39, 0.29) is 35.6 Å². The van der Waals surface area contributed by atoms with Gasteiger partial charge in [-0.2, -0.15) is 0 Å². The molecule has 7 rings (SSSR count). The Bertz CT molecular complexity index is 2050. The highest BCUT2D eigenvalue weighted by molar-refractivity contribution is 9.10. The summed E-state index contributed by atoms with van der Waals surface area (Å²) in [5, 5.41) is 7.57. The van der Waals surface area contributed by atoms with E-state index in [2.05, 4.69) is 55.6 Å². The highest BCUT2D eigenvalue weighted by Crippen LogP contribution is 2.34. The van der Waals surface area contributed by atoms with Gasteiger partial charge < -0.3 is 19.7 Å². The molecule has 0 radical (unpaired) electrons. The van der Waals surface area contributed by atoms with Gasteiger partial charge in [-0.05, 0) is 90.8 Å². The van der Waals surface area contributed by atoms with Crippen molar-refractivity contribution in [1.29, 1.82) is 0 Å². The van der Waals surface area contributed by atoms with Gasteiger partial charge in [-0.25, -0.2) is 4.98 Å². The highest BCUT2D eigenvalue weighted by atomic mass is 79.9. The third-order valence-electron chi connectivity index (χ3n) is 9.48. The number of imide groups is 2. The van der Waals surface area contributed by atoms with Crippen LogP contribution >= 0.6 is 27.3 Å². The Morgan fingerprint density at radius 1 is 0.980 bits per heavy atom. The zero-order chi connectivity index (χ0) is 35.6. The molecule has 2 aromatic carbocycles. The van der Waals surface area contributed by atoms with Crippen LogP contribution in [0, 0.1) is 0 Å². The molecule has 2 N–H and O–H groups in total. The Morgan fingerprint density at radius 3 is 2.55 bits per heavy atom. The van der Waals surface area contributed by atoms with Gasteiger partial charge in [0.1, 0.15) is 27.8 Å². The predicted molar refractivity (Wildman–Crippen MR) is 194 cm³/mol. The summed E-state index contributed by atoms with van der Waals surface area (Å²) in [6, 6.07) is 12.2. The molecule has 51 heavy (non-hydrogen) atoms. The number of benzene rings is 2. The van der Waals surface area contributed by atoms with Crippen molar-refractivity contribution in [2.75, 3.05) is 38.7 Å². The monoisotopic (exact) mass is 776 g/mol. The molecule has 3 aliphatic rings. The molecule has 2 fully saturated rings. The molecule has 0 bridgehead atoms. The number of aromatic nitrogens is 2. The molecule has 0 spiro atoms. The fourth-order valence-corrected chi connectivity index (χ4v) is 8.11. The van der Waals surface area contributed by atoms with E-state index in [1.54, 1.807) is 28.8 Å². The van der Waals surface area contributed by atoms with Gasteiger partial charge in [0.05, 0.1) is 24.3 Å². The number of piperidine rings is 2. The van der Waals surface area contributed by atoms with Gasteiger partial charge in [0, 0.05) is 37.1 Å². The Morgan fingerprint density at radius 2 is 1.76 bits per heavy atom. The van der Waals surface area contributed by atoms with Crippen LogP contribution in [0.4, 0.5) is 5.82 Å². The van der Waals surface area contributed by atoms with E-state index in [4.69, 9.17) is 9.47 Å². The molecule has 2 saturated heterocycles. The first kappa shape index (κ1) is 34.8. The maximum Gasteiger partial charge on any atom is 0.275 e. The molecule has 15 heteroatoms. The first-order chi connectivity index (χ1) is 24.7. The van der Waals surface area contributed by atoms with E-state index in [1.807, 2.05) is 17.5 Å². The topological polar surface area (TPSA) is 152 Å². The molecule has 4 amide bonds. The minimum Gasteiger partial charge on any atom is -0.494 e. The normalized spacial score (nSPS) is 20.8. The molecule has 0 saturated carbocycles. The predicted octanol–water partition coefficient (Wildman–Crippen LogP) is 4.45. The third-order valence-corrected chi connectivity index (χ3v) is 11.0. The number of rotatable bonds is 12. The third kappa shape index (κ3) is 7.28. The molecule has 5 heterocycles. The summed E-state index contributed by atoms with van der Waals surface area (Å²) >= 11 is 4.87. The summed E-state index contributed by atoms with van der Waals surface area (Å²) in [7, 11) is 2.10. The van der Waals surface area contributed by atoms with Crippen molar-refractivity contribution in [3.05, 3.63) is 85.6 Å². The number of amides is 4. The number of nitrogens with one attached hydrogen (secondary N) is 2. The number of hydrogen-bond donors (Lipinski definition) is 2. The summed E-state index contributed by atoms with van der Waals surface area (Å²) in [5.41, 5.74) is 1.46. The molecule has 13 nitrogen and oxygen atoms in total. The van der Waals surface area contributed by atoms with E-state index in [1.165, 1.54) is 16.9 Å². The largest absolute Gasteiger partial charge is 0.494 e. The molecule has 0 aliphatic carbocycles. The van der Waals surface area contributed by atoms with Crippen molar-refractivity contribution < 1.29 is 28.7 Å². The summed E-state index contributed by atoms with van der Waals surface area (Å²) in [5.74, 6) is -0.203. The minimum absolute atomic E-state index is 0.0656. The van der Waals surface area contributed by atoms with Crippen LogP contribution in [0.3, 0.4) is 0 Å². The van der Waals surface area contributed by atoms with Crippen LogP contribution in [0.1, 0.15) is 70.7 Å². The van der Waals surface area contributed by atoms with Gasteiger partial charge in [-0.3, -0.25) is 38.6 Å². The Hall–Kier alpha value is -4.60. The fourth-order valence-electron chi connectivity index (χ4n) is 7.01. The second-order valence-electron chi connectivity index (χ2n) is 13.1. The van der Waals surface area contributed by atoms with Gasteiger partial charge in [0.25, 0.3) is 17.4 Å². The SMILES string of the molecule is CN1CC(Nc2nc3sccn3c(=O)c2Br)CC(c2ccc(OCCCCCOc3cccc4c3C(=O)N(C3CCC(=O)NC3=O)C4=O)cc2)C1. The number of hydrogen-bond acceptors (Lipinski definition) is 11. The summed E-state index contributed by atoms with van der Waals surface area (Å²) < 4.78 is 13.9. The average molecular weight is 778 g/mol. The number of carbonyl (C=O) groups is 4. The second kappa shape index (κ2) is 14.9. The van der Waals surface area contributed by atoms with Gasteiger partial charge >= 0.3 is 0 Å². The molecule has 2 aromatic heterocycles. The van der Waals surface area contributed by atoms with E-state index in [9.17, 15) is 24.0 Å². The summed E-state index contributed by atoms with van der Waals surface area (Å²) in [4.78, 5) is 71.5. The number of halogens is 1. The van der Waals surface area contributed by atoms with Crippen LogP contribution in [-0.2, 0) is 9.59 Å². The summed E-state index contributed by atoms with van der Waals surface area (Å²) in [6.45, 7) is 2.66. The second-order valence-corrected chi connectivity index (χ2v) is 14.7. The maximum absolute atomic E-state index is 13.2. The lowest BCUT2D eigenvalue weighted by Gasteiger charge is -2.36. The number of unbranched alkanes of at least 4 members (excludes halogenated alkanes) is 2. The van der Waals surface area contributed by atoms with Crippen LogP contribution in [-0.4, -0.2) is 88.2 Å². The lowest BCUT2D eigenvalue weighted by Crippen LogP contribution is -2.54. The highest BCUT2D eigenvalue weighted by Gasteiger charge is 2.46. The lowest BCUT2D eigenvalue weighted by atomic mass is 9.88. The van der Waals surface area contributed by atoms with Gasteiger partial charge in [-0.1, -0.05) is 18.2 Å². The van der Waals surface area contributed by atoms with Gasteiger partial charge in [0.2, 0.25) is 11.8 Å². The van der Waals surface area contributed by atoms with E-state index >= 15 is 0 Å². The number of anilines is 1. The van der Waals surface area contributed by atoms with Crippen molar-refractivity contribution in [2.45, 2.75) is 56.5 Å². The van der Waals surface area contributed by atoms with Crippen molar-refractivity contribution >= 4 is 61.7 Å². The molecule has 3 atom stereocenters. The zero-order valence-corrected chi connectivity index (χ0v) is 30.3. The molecular formula is C36H37BrN6O7S. The molecule has 3 aliphatic heterocycles. The number of likely N-dealkylation sites (N-methyl/N-ethyl adjacent to an activating group) is 1. The van der Waals surface area contributed by atoms with Gasteiger partial charge in [0.15, 0.2) is 4.96 Å². The fraction of sp³-hybridized carbons (Fsp3) is 0.389. The van der Waals surface area contributed by atoms with Crippen LogP contribution in [0.2, 0.25) is 0 Å². The van der Waals surface area contributed by atoms with E-state index in [0.717, 1.165) is 49.4 Å². The zero-order valence-electron chi connectivity index (χ0n) is 27.9. The Labute approximate surface area is 306 Å². The standard InChI is InChI=1S/C36H37BrN6O7S/c1-41-19-22(18-23(20-41)38-31-30(37)35(48)42-14-17-51-36(42)40-31)21-8-10-24(11-9-21)49-15-3-2-4-16-50-27-7-5-6-25-29(27)34(47)43(33(25)46)26-12-13-28(44)39-32(26)45/h5-11,14,17,22-23,26,38H,2-4,12-13,15-16,18-20H2,1H3,(H,39,44,45). The van der Waals surface area contributed by atoms with Crippen LogP contribution in [0.15, 0.2) is 63.3 Å². The number of likely N-dealkylation sites (tertiary alicyclic amines) is 1. The number of thiazole rings is 1. The smallest absolute Gasteiger partial charge is 0.275 e. The number of ether oxygens (including phenoxy) is 2. The number of carbonyl (C=O) groups excluding carboxylic acids is 4. The Balaban J connectivity index is 0.858. The van der Waals surface area contributed by atoms with E-state index in [0.29, 0.717) is 40.1 Å². The van der Waals surface area contributed by atoms with Crippen molar-refractivity contribution in [3.63, 3.8) is 0 Å². The first-order valence-electron chi connectivity index (χ1n) is 17.0. The van der Waals surface area contributed by atoms with Gasteiger partial charge in [-0.15, -0.1) is 11.3 Å². The maximum atomic E-state index is 13.2. The first-order valence-corrected chi connectivity index (χ1v) is 18.7. The average Bonchev–Trinajstić information content (AvgIpc) is 3.69. The van der Waals surface area contributed by atoms with Crippen molar-refractivity contribution in [1.82, 2.24) is 24.5 Å². The molecule has 3 unspecified atom stereocenters. The Kier molecular flexibility index (Phi) is 10.2. The van der Waals surface area contributed by atoms with Crippen LogP contribution in [0.5, 0.6) is 11.5 Å². The van der Waals surface area contributed by atoms with E-state index < -0.39 is 29.7 Å². The van der Waals surface area contributed by atoms with Crippen LogP contribution in [0.25, 0.3) is 4.96 Å². The quantitative estimate of drug-likeness (QED) is 0.156. The lowest BCUT2D eigenvalue weighted by molar-refractivity contribution is -0.136. The van der Waals surface area contributed by atoms with Crippen molar-refractivity contribution in [3.8, 4) is 11.5 Å². The molecule has 266 valence electrons. The minimum atomic E-state index is -1.02. The number of fused-ring (bicyclic) bond motifs is 2. The number of nitrogens with zero attached hydrogens (tertiary/aromatic N) is 4. The molecule has 4 aromatic rings. The van der Waals surface area contributed by atoms with Crippen molar-refractivity contribution in [2.24, 2.45) is 0 Å². The molecular weight excluding hydrogens is 740 g/mol. The summed E-state index contributed by atoms with van der Waals surface area (Å²) in [6.07, 6.45) is 5.16. The van der Waals surface area contributed by atoms with Crippen LogP contribution < -0.4 is 25.7 Å².